The number of aliphatic hydroxyl groups excluding tert-OH is 1. The Morgan fingerprint density at radius 3 is 2.33 bits per heavy atom. The first-order valence-electron chi connectivity index (χ1n) is 14.5. The van der Waals surface area contributed by atoms with Crippen molar-refractivity contribution in [3.8, 4) is 0 Å². The van der Waals surface area contributed by atoms with Crippen LogP contribution in [0.5, 0.6) is 0 Å². The van der Waals surface area contributed by atoms with Crippen LogP contribution in [-0.2, 0) is 28.6 Å². The van der Waals surface area contributed by atoms with Crippen LogP contribution >= 0.6 is 0 Å². The Morgan fingerprint density at radius 2 is 1.75 bits per heavy atom. The number of rotatable bonds is 6. The Bertz CT molecular complexity index is 1040. The molecule has 0 aromatic rings. The molecule has 226 valence electrons. The zero-order valence-electron chi connectivity index (χ0n) is 25.2. The van der Waals surface area contributed by atoms with Gasteiger partial charge in [-0.05, 0) is 39.2 Å². The fourth-order valence-corrected chi connectivity index (χ4v) is 8.27. The lowest BCUT2D eigenvalue weighted by Gasteiger charge is -2.71. The SMILES string of the molecule is C=C[C@@]1(C)CC(=O)[C@]2(O)[C@@]3(C)[C@@H](O)CCC(C)(C)[C@@H]3[C@H](OC(=O)CCN3CCN(C)CC3)[C@H](OC(C)=O)[C@@]2(C)O1. The lowest BCUT2D eigenvalue weighted by Crippen LogP contribution is -2.87. The van der Waals surface area contributed by atoms with Gasteiger partial charge < -0.3 is 34.2 Å². The molecule has 10 heteroatoms. The van der Waals surface area contributed by atoms with Gasteiger partial charge in [-0.15, -0.1) is 6.58 Å². The minimum absolute atomic E-state index is 0.130. The van der Waals surface area contributed by atoms with Crippen LogP contribution < -0.4 is 0 Å². The Kier molecular flexibility index (Phi) is 8.13. The average Bonchev–Trinajstić information content (AvgIpc) is 2.86. The summed E-state index contributed by atoms with van der Waals surface area (Å²) in [6.45, 7) is 18.0. The van der Waals surface area contributed by atoms with E-state index in [4.69, 9.17) is 14.2 Å². The maximum atomic E-state index is 14.1. The molecule has 2 saturated heterocycles. The number of carbonyl (C=O) groups is 3. The molecule has 4 aliphatic rings. The van der Waals surface area contributed by atoms with Crippen molar-refractivity contribution >= 4 is 17.7 Å². The summed E-state index contributed by atoms with van der Waals surface area (Å²) in [5.74, 6) is -2.38. The van der Waals surface area contributed by atoms with Crippen LogP contribution in [0.2, 0.25) is 0 Å². The number of likely N-dealkylation sites (N-methyl/N-ethyl adjacent to an activating group) is 1. The van der Waals surface area contributed by atoms with Crippen LogP contribution in [0.15, 0.2) is 12.7 Å². The normalized spacial score (nSPS) is 43.8. The van der Waals surface area contributed by atoms with Gasteiger partial charge >= 0.3 is 11.9 Å². The first-order valence-corrected chi connectivity index (χ1v) is 14.5. The van der Waals surface area contributed by atoms with Crippen molar-refractivity contribution in [3.05, 3.63) is 12.7 Å². The van der Waals surface area contributed by atoms with E-state index < -0.39 is 69.6 Å². The first kappa shape index (κ1) is 31.1. The standard InChI is InChI=1S/C30H48N2O8/c1-9-27(5)18-21(35)30(37)28(6)20(34)10-12-26(3,4)24(28)23(25(38-19(2)33)29(30,7)40-27)39-22(36)11-13-32-16-14-31(8)15-17-32/h9,20,23-25,34,37H,1,10-18H2,2-8H3/t20-,23-,24-,25-,27-,28-,29+,30-/m0/s1. The number of piperazine rings is 1. The first-order chi connectivity index (χ1) is 18.4. The number of Topliss-reactive ketones (excluding diaryl/α,β-unsaturated/α-hetero) is 1. The second-order valence-corrected chi connectivity index (χ2v) is 13.7. The van der Waals surface area contributed by atoms with E-state index in [0.29, 0.717) is 19.4 Å². The molecular weight excluding hydrogens is 516 g/mol. The molecular formula is C30H48N2O8. The number of aliphatic hydroxyl groups is 2. The summed E-state index contributed by atoms with van der Waals surface area (Å²) in [5, 5.41) is 24.2. The Morgan fingerprint density at radius 1 is 1.12 bits per heavy atom. The van der Waals surface area contributed by atoms with Crippen LogP contribution in [-0.4, -0.2) is 113 Å². The van der Waals surface area contributed by atoms with E-state index in [1.807, 2.05) is 13.8 Å². The molecule has 10 nitrogen and oxygen atoms in total. The third-order valence-corrected chi connectivity index (χ3v) is 10.5. The largest absolute Gasteiger partial charge is 0.458 e. The van der Waals surface area contributed by atoms with Crippen LogP contribution in [0, 0.1) is 16.7 Å². The highest BCUT2D eigenvalue weighted by atomic mass is 16.6. The van der Waals surface area contributed by atoms with Crippen LogP contribution in [0.4, 0.5) is 0 Å². The third kappa shape index (κ3) is 4.73. The molecule has 4 fully saturated rings. The molecule has 0 unspecified atom stereocenters. The molecule has 2 aliphatic carbocycles. The summed E-state index contributed by atoms with van der Waals surface area (Å²) in [4.78, 5) is 44.5. The summed E-state index contributed by atoms with van der Waals surface area (Å²) < 4.78 is 18.6. The topological polar surface area (TPSA) is 126 Å². The molecule has 0 bridgehead atoms. The van der Waals surface area contributed by atoms with Gasteiger partial charge in [0.25, 0.3) is 0 Å². The van der Waals surface area contributed by atoms with E-state index in [9.17, 15) is 24.6 Å². The second kappa shape index (κ2) is 10.5. The quantitative estimate of drug-likeness (QED) is 0.364. The van der Waals surface area contributed by atoms with Gasteiger partial charge in [-0.3, -0.25) is 14.4 Å². The van der Waals surface area contributed by atoms with Crippen molar-refractivity contribution in [1.29, 1.82) is 0 Å². The second-order valence-electron chi connectivity index (χ2n) is 13.7. The monoisotopic (exact) mass is 564 g/mol. The minimum atomic E-state index is -2.24. The van der Waals surface area contributed by atoms with Gasteiger partial charge in [-0.2, -0.15) is 0 Å². The predicted octanol–water partition coefficient (Wildman–Crippen LogP) is 1.71. The number of hydrogen-bond acceptors (Lipinski definition) is 10. The van der Waals surface area contributed by atoms with E-state index >= 15 is 0 Å². The van der Waals surface area contributed by atoms with Gasteiger partial charge in [-0.25, -0.2) is 0 Å². The molecule has 4 rings (SSSR count). The van der Waals surface area contributed by atoms with Crippen molar-refractivity contribution in [2.24, 2.45) is 16.7 Å². The molecule has 0 amide bonds. The third-order valence-electron chi connectivity index (χ3n) is 10.5. The predicted molar refractivity (Wildman–Crippen MR) is 147 cm³/mol. The molecule has 2 aliphatic heterocycles. The van der Waals surface area contributed by atoms with Gasteiger partial charge in [-0.1, -0.05) is 26.8 Å². The minimum Gasteiger partial charge on any atom is -0.458 e. The maximum absolute atomic E-state index is 14.1. The van der Waals surface area contributed by atoms with E-state index in [-0.39, 0.29) is 12.8 Å². The summed E-state index contributed by atoms with van der Waals surface area (Å²) in [7, 11) is 2.07. The fourth-order valence-electron chi connectivity index (χ4n) is 8.27. The van der Waals surface area contributed by atoms with Gasteiger partial charge in [0.2, 0.25) is 0 Å². The Labute approximate surface area is 238 Å². The highest BCUT2D eigenvalue weighted by molar-refractivity contribution is 5.92. The number of nitrogens with zero attached hydrogens (tertiary/aromatic N) is 2. The number of esters is 2. The van der Waals surface area contributed by atoms with Crippen LogP contribution in [0.25, 0.3) is 0 Å². The number of ketones is 1. The summed E-state index contributed by atoms with van der Waals surface area (Å²) in [6, 6.07) is 0. The zero-order chi connectivity index (χ0) is 29.9. The van der Waals surface area contributed by atoms with Crippen LogP contribution in [0.3, 0.4) is 0 Å². The van der Waals surface area contributed by atoms with Gasteiger partial charge in [0.05, 0.1) is 18.1 Å². The number of fused-ring (bicyclic) bond motifs is 3. The molecule has 0 radical (unpaired) electrons. The fraction of sp³-hybridized carbons (Fsp3) is 0.833. The Hall–Kier alpha value is -1.85. The molecule has 2 N–H and O–H groups in total. The van der Waals surface area contributed by atoms with Crippen molar-refractivity contribution in [1.82, 2.24) is 9.80 Å². The molecule has 0 aromatic carbocycles. The molecule has 40 heavy (non-hydrogen) atoms. The van der Waals surface area contributed by atoms with Crippen molar-refractivity contribution < 1.29 is 38.8 Å². The molecule has 2 heterocycles. The Balaban J connectivity index is 1.79. The highest BCUT2D eigenvalue weighted by Gasteiger charge is 2.82. The van der Waals surface area contributed by atoms with Crippen LogP contribution in [0.1, 0.15) is 67.2 Å². The maximum Gasteiger partial charge on any atom is 0.307 e. The molecule has 0 aromatic heterocycles. The van der Waals surface area contributed by atoms with E-state index in [1.165, 1.54) is 19.9 Å². The molecule has 0 spiro atoms. The molecule has 2 saturated carbocycles. The number of ether oxygens (including phenoxy) is 3. The average molecular weight is 565 g/mol. The van der Waals surface area contributed by atoms with E-state index in [1.54, 1.807) is 13.8 Å². The summed E-state index contributed by atoms with van der Waals surface area (Å²) >= 11 is 0. The van der Waals surface area contributed by atoms with E-state index in [2.05, 4.69) is 23.4 Å². The lowest BCUT2D eigenvalue weighted by atomic mass is 9.39. The zero-order valence-corrected chi connectivity index (χ0v) is 25.2. The molecule has 8 atom stereocenters. The van der Waals surface area contributed by atoms with E-state index in [0.717, 1.165) is 26.2 Å². The van der Waals surface area contributed by atoms with Gasteiger partial charge in [0, 0.05) is 57.4 Å². The number of carbonyl (C=O) groups excluding carboxylic acids is 3. The van der Waals surface area contributed by atoms with Crippen molar-refractivity contribution in [3.63, 3.8) is 0 Å². The number of hydrogen-bond donors (Lipinski definition) is 2. The smallest absolute Gasteiger partial charge is 0.307 e. The van der Waals surface area contributed by atoms with Crippen molar-refractivity contribution in [2.75, 3.05) is 39.8 Å². The summed E-state index contributed by atoms with van der Waals surface area (Å²) in [5.41, 5.74) is -7.33. The lowest BCUT2D eigenvalue weighted by molar-refractivity contribution is -0.371. The van der Waals surface area contributed by atoms with Gasteiger partial charge in [0.1, 0.15) is 11.7 Å². The van der Waals surface area contributed by atoms with Gasteiger partial charge in [0.15, 0.2) is 17.5 Å². The van der Waals surface area contributed by atoms with Crippen molar-refractivity contribution in [2.45, 2.75) is 102 Å². The summed E-state index contributed by atoms with van der Waals surface area (Å²) in [6.07, 6.45) is -1.13. The highest BCUT2D eigenvalue weighted by Crippen LogP contribution is 2.67.